The standard InChI is InChI=1S/C20H19F3N2O5S/c1-18-6-13(29-9-31-8-26)19(2,30-18)15-14(18)16(27)25(17(15)28)11-4-3-10(7-24)12(5-11)20(21,22)23/h3-5,13-15,26H,6,8-9H2,1-2H3/t13-,14+,15-,18?,19?/m0/s1. The Morgan fingerprint density at radius 1 is 1.32 bits per heavy atom. The topological polar surface area (TPSA) is 99.9 Å². The van der Waals surface area contributed by atoms with Gasteiger partial charge in [-0.1, -0.05) is 0 Å². The highest BCUT2D eigenvalue weighted by Gasteiger charge is 2.76. The molecule has 31 heavy (non-hydrogen) atoms. The number of hydrogen-bond acceptors (Lipinski definition) is 7. The quantitative estimate of drug-likeness (QED) is 0.413. The molecule has 3 fully saturated rings. The minimum Gasteiger partial charge on any atom is -0.386 e. The molecule has 0 radical (unpaired) electrons. The van der Waals surface area contributed by atoms with Gasteiger partial charge in [-0.3, -0.25) is 9.59 Å². The lowest BCUT2D eigenvalue weighted by Crippen LogP contribution is -2.50. The summed E-state index contributed by atoms with van der Waals surface area (Å²) in [7, 11) is 0. The second-order valence-electron chi connectivity index (χ2n) is 8.22. The molecule has 3 aliphatic rings. The van der Waals surface area contributed by atoms with E-state index in [4.69, 9.17) is 19.8 Å². The number of nitriles is 1. The zero-order valence-electron chi connectivity index (χ0n) is 16.6. The van der Waals surface area contributed by atoms with Crippen molar-refractivity contribution in [2.45, 2.75) is 43.8 Å². The Morgan fingerprint density at radius 3 is 2.61 bits per heavy atom. The number of aliphatic hydroxyl groups excluding tert-OH is 1. The molecule has 1 N–H and O–H groups in total. The predicted molar refractivity (Wildman–Crippen MR) is 103 cm³/mol. The van der Waals surface area contributed by atoms with Gasteiger partial charge in [0.05, 0.1) is 58.3 Å². The molecular formula is C20H19F3N2O5S. The lowest BCUT2D eigenvalue weighted by Gasteiger charge is -2.35. The predicted octanol–water partition coefficient (Wildman–Crippen LogP) is 2.66. The summed E-state index contributed by atoms with van der Waals surface area (Å²) in [5.74, 6) is -3.00. The van der Waals surface area contributed by atoms with Crippen LogP contribution in [0.4, 0.5) is 18.9 Å². The van der Waals surface area contributed by atoms with Gasteiger partial charge in [-0.2, -0.15) is 18.4 Å². The summed E-state index contributed by atoms with van der Waals surface area (Å²) in [4.78, 5) is 27.3. The Morgan fingerprint density at radius 2 is 2.00 bits per heavy atom. The first-order valence-electron chi connectivity index (χ1n) is 9.47. The van der Waals surface area contributed by atoms with Gasteiger partial charge in [-0.05, 0) is 32.0 Å². The van der Waals surface area contributed by atoms with E-state index in [9.17, 15) is 22.8 Å². The fraction of sp³-hybridized carbons (Fsp3) is 0.550. The number of halogens is 3. The number of alkyl halides is 3. The van der Waals surface area contributed by atoms with Crippen LogP contribution in [0.15, 0.2) is 18.2 Å². The number of hydrogen-bond donors (Lipinski definition) is 1. The molecule has 166 valence electrons. The largest absolute Gasteiger partial charge is 0.417 e. The molecule has 5 atom stereocenters. The molecule has 11 heteroatoms. The van der Waals surface area contributed by atoms with Crippen molar-refractivity contribution in [1.29, 1.82) is 5.26 Å². The average Bonchev–Trinajstić information content (AvgIpc) is 3.22. The normalized spacial score (nSPS) is 34.4. The molecule has 3 saturated heterocycles. The molecule has 2 unspecified atom stereocenters. The van der Waals surface area contributed by atoms with Crippen LogP contribution in [0.5, 0.6) is 0 Å². The van der Waals surface area contributed by atoms with Crippen LogP contribution in [-0.4, -0.2) is 46.1 Å². The first kappa shape index (κ1) is 22.1. The number of carbonyl (C=O) groups is 2. The molecular weight excluding hydrogens is 437 g/mol. The summed E-state index contributed by atoms with van der Waals surface area (Å²) in [5.41, 5.74) is -4.15. The molecule has 4 rings (SSSR count). The lowest BCUT2D eigenvalue weighted by molar-refractivity contribution is -0.138. The minimum absolute atomic E-state index is 0.140. The molecule has 0 spiro atoms. The van der Waals surface area contributed by atoms with E-state index in [0.29, 0.717) is 12.5 Å². The first-order chi connectivity index (χ1) is 14.5. The third-order valence-electron chi connectivity index (χ3n) is 6.40. The first-order valence-corrected chi connectivity index (χ1v) is 10.6. The maximum atomic E-state index is 13.4. The van der Waals surface area contributed by atoms with Crippen molar-refractivity contribution in [3.8, 4) is 6.07 Å². The van der Waals surface area contributed by atoms with Crippen molar-refractivity contribution in [3.63, 3.8) is 0 Å². The van der Waals surface area contributed by atoms with Crippen LogP contribution >= 0.6 is 11.8 Å². The van der Waals surface area contributed by atoms with Gasteiger partial charge in [0.2, 0.25) is 11.8 Å². The third kappa shape index (κ3) is 3.16. The van der Waals surface area contributed by atoms with E-state index in [1.165, 1.54) is 12.1 Å². The Bertz CT molecular complexity index is 996. The van der Waals surface area contributed by atoms with Crippen molar-refractivity contribution in [2.24, 2.45) is 11.8 Å². The van der Waals surface area contributed by atoms with E-state index in [1.807, 2.05) is 0 Å². The zero-order chi connectivity index (χ0) is 22.8. The van der Waals surface area contributed by atoms with Crippen molar-refractivity contribution >= 4 is 29.3 Å². The second-order valence-corrected chi connectivity index (χ2v) is 9.12. The molecule has 0 aliphatic carbocycles. The fourth-order valence-electron chi connectivity index (χ4n) is 5.15. The van der Waals surface area contributed by atoms with Gasteiger partial charge in [0.1, 0.15) is 5.60 Å². The van der Waals surface area contributed by atoms with E-state index in [0.717, 1.165) is 22.7 Å². The van der Waals surface area contributed by atoms with Crippen molar-refractivity contribution in [2.75, 3.05) is 16.8 Å². The third-order valence-corrected chi connectivity index (χ3v) is 6.88. The lowest BCUT2D eigenvalue weighted by atomic mass is 9.67. The number of amides is 2. The Hall–Kier alpha value is -2.13. The van der Waals surface area contributed by atoms with E-state index in [1.54, 1.807) is 13.8 Å². The van der Waals surface area contributed by atoms with Gasteiger partial charge in [-0.25, -0.2) is 4.90 Å². The van der Waals surface area contributed by atoms with Crippen LogP contribution in [0.3, 0.4) is 0 Å². The van der Waals surface area contributed by atoms with Crippen molar-refractivity contribution in [3.05, 3.63) is 29.3 Å². The molecule has 0 aromatic heterocycles. The molecule has 1 aromatic rings. The van der Waals surface area contributed by atoms with Gasteiger partial charge in [0.25, 0.3) is 0 Å². The SMILES string of the molecule is CC12C[C@H](OCSCO)C(C)(O1)[C@@H]1C(=O)N(c3ccc(C#N)c(C(F)(F)F)c3)C(=O)[C@@H]12. The Balaban J connectivity index is 1.71. The highest BCUT2D eigenvalue weighted by Crippen LogP contribution is 2.61. The monoisotopic (exact) mass is 456 g/mol. The smallest absolute Gasteiger partial charge is 0.386 e. The average molecular weight is 456 g/mol. The van der Waals surface area contributed by atoms with E-state index in [2.05, 4.69) is 0 Å². The Kier molecular flexibility index (Phi) is 5.13. The molecule has 3 aliphatic heterocycles. The number of rotatable bonds is 5. The van der Waals surface area contributed by atoms with Gasteiger partial charge in [0, 0.05) is 6.42 Å². The number of nitrogens with zero attached hydrogens (tertiary/aromatic N) is 2. The van der Waals surface area contributed by atoms with Crippen LogP contribution in [0, 0.1) is 23.2 Å². The number of thioether (sulfide) groups is 1. The highest BCUT2D eigenvalue weighted by molar-refractivity contribution is 7.98. The van der Waals surface area contributed by atoms with E-state index >= 15 is 0 Å². The number of ether oxygens (including phenoxy) is 2. The molecule has 0 saturated carbocycles. The van der Waals surface area contributed by atoms with Crippen LogP contribution in [-0.2, 0) is 25.2 Å². The van der Waals surface area contributed by atoms with Gasteiger partial charge < -0.3 is 14.6 Å². The zero-order valence-corrected chi connectivity index (χ0v) is 17.4. The second kappa shape index (κ2) is 7.20. The molecule has 3 heterocycles. The number of anilines is 1. The van der Waals surface area contributed by atoms with Crippen LogP contribution in [0.1, 0.15) is 31.4 Å². The Labute approximate surface area is 180 Å². The molecule has 7 nitrogen and oxygen atoms in total. The van der Waals surface area contributed by atoms with Gasteiger partial charge in [0.15, 0.2) is 0 Å². The van der Waals surface area contributed by atoms with Crippen LogP contribution in [0.25, 0.3) is 0 Å². The summed E-state index contributed by atoms with van der Waals surface area (Å²) >= 11 is 1.13. The summed E-state index contributed by atoms with van der Waals surface area (Å²) in [6.07, 6.45) is -4.99. The van der Waals surface area contributed by atoms with Crippen molar-refractivity contribution in [1.82, 2.24) is 0 Å². The highest BCUT2D eigenvalue weighted by atomic mass is 32.2. The fourth-order valence-corrected chi connectivity index (χ4v) is 5.48. The van der Waals surface area contributed by atoms with Crippen molar-refractivity contribution < 1.29 is 37.3 Å². The maximum Gasteiger partial charge on any atom is 0.417 e. The molecule has 2 bridgehead atoms. The van der Waals surface area contributed by atoms with Crippen LogP contribution < -0.4 is 4.90 Å². The molecule has 1 aromatic carbocycles. The summed E-state index contributed by atoms with van der Waals surface area (Å²) in [6.45, 7) is 3.37. The number of fused-ring (bicyclic) bond motifs is 5. The molecule has 2 amide bonds. The van der Waals surface area contributed by atoms with Gasteiger partial charge in [-0.15, -0.1) is 11.8 Å². The van der Waals surface area contributed by atoms with E-state index < -0.39 is 58.3 Å². The van der Waals surface area contributed by atoms with Gasteiger partial charge >= 0.3 is 6.18 Å². The minimum atomic E-state index is -4.81. The maximum absolute atomic E-state index is 13.4. The summed E-state index contributed by atoms with van der Waals surface area (Å²) in [6, 6.07) is 4.27. The number of carbonyl (C=O) groups excluding carboxylic acids is 2. The summed E-state index contributed by atoms with van der Waals surface area (Å²) in [5, 5.41) is 17.9. The number of benzene rings is 1. The number of imide groups is 1. The van der Waals surface area contributed by atoms with E-state index in [-0.39, 0.29) is 17.6 Å². The van der Waals surface area contributed by atoms with Crippen LogP contribution in [0.2, 0.25) is 0 Å². The number of aliphatic hydroxyl groups is 1. The summed E-state index contributed by atoms with van der Waals surface area (Å²) < 4.78 is 52.1.